The summed E-state index contributed by atoms with van der Waals surface area (Å²) in [5, 5.41) is 2.54. The summed E-state index contributed by atoms with van der Waals surface area (Å²) in [7, 11) is 3.06. The molecule has 2 aromatic rings. The molecule has 160 valence electrons. The maximum Gasteiger partial charge on any atom is 0.263 e. The topological polar surface area (TPSA) is 80.6 Å². The van der Waals surface area contributed by atoms with Crippen LogP contribution in [0.1, 0.15) is 33.5 Å². The van der Waals surface area contributed by atoms with Gasteiger partial charge in [-0.25, -0.2) is 8.78 Å². The fraction of sp³-hybridized carbons (Fsp3) is 0.381. The number of halogens is 2. The number of fused-ring (bicyclic) bond motifs is 1. The van der Waals surface area contributed by atoms with Crippen molar-refractivity contribution in [3.05, 3.63) is 68.6 Å². The summed E-state index contributed by atoms with van der Waals surface area (Å²) in [6.07, 6.45) is 2.25. The molecule has 1 aromatic carbocycles. The van der Waals surface area contributed by atoms with Gasteiger partial charge in [0, 0.05) is 51.6 Å². The molecule has 0 spiro atoms. The first-order chi connectivity index (χ1) is 14.3. The fourth-order valence-corrected chi connectivity index (χ4v) is 3.51. The van der Waals surface area contributed by atoms with Gasteiger partial charge in [-0.3, -0.25) is 14.4 Å². The van der Waals surface area contributed by atoms with Crippen LogP contribution >= 0.6 is 0 Å². The molecule has 3 rings (SSSR count). The fourth-order valence-electron chi connectivity index (χ4n) is 3.51. The average Bonchev–Trinajstić information content (AvgIpc) is 2.71. The van der Waals surface area contributed by atoms with Gasteiger partial charge in [-0.05, 0) is 23.6 Å². The minimum atomic E-state index is -0.775. The average molecular weight is 419 g/mol. The monoisotopic (exact) mass is 419 g/mol. The zero-order valence-electron chi connectivity index (χ0n) is 16.8. The van der Waals surface area contributed by atoms with Crippen LogP contribution < -0.4 is 10.9 Å². The lowest BCUT2D eigenvalue weighted by atomic mass is 9.96. The summed E-state index contributed by atoms with van der Waals surface area (Å²) >= 11 is 0. The minimum Gasteiger partial charge on any atom is -0.384 e. The van der Waals surface area contributed by atoms with Gasteiger partial charge in [0.25, 0.3) is 11.5 Å². The van der Waals surface area contributed by atoms with E-state index < -0.39 is 23.1 Å². The Hall–Kier alpha value is -3.07. The first-order valence-corrected chi connectivity index (χ1v) is 9.52. The van der Waals surface area contributed by atoms with Crippen LogP contribution in [0.15, 0.2) is 29.2 Å². The molecule has 30 heavy (non-hydrogen) atoms. The van der Waals surface area contributed by atoms with Crippen molar-refractivity contribution in [2.24, 2.45) is 7.05 Å². The molecule has 0 bridgehead atoms. The van der Waals surface area contributed by atoms with Gasteiger partial charge in [-0.1, -0.05) is 6.07 Å². The van der Waals surface area contributed by atoms with Crippen LogP contribution in [0.5, 0.6) is 0 Å². The molecule has 0 saturated carbocycles. The number of nitrogens with one attached hydrogen (secondary N) is 1. The summed E-state index contributed by atoms with van der Waals surface area (Å²) in [4.78, 5) is 39.4. The standard InChI is InChI=1S/C21H23F2N3O4/c1-25-11-14-12-26(18(27)6-8-30-2)7-5-16(14)19(21(25)29)20(28)24-10-13-3-4-15(22)9-17(13)23/h3-4,9,11H,5-8,10,12H2,1-2H3,(H,24,28). The Morgan fingerprint density at radius 3 is 2.73 bits per heavy atom. The van der Waals surface area contributed by atoms with Gasteiger partial charge >= 0.3 is 0 Å². The molecule has 9 heteroatoms. The van der Waals surface area contributed by atoms with E-state index in [9.17, 15) is 23.2 Å². The van der Waals surface area contributed by atoms with Gasteiger partial charge in [0.2, 0.25) is 5.91 Å². The Kier molecular flexibility index (Phi) is 6.61. The molecule has 1 aliphatic rings. The molecule has 1 aromatic heterocycles. The molecular formula is C21H23F2N3O4. The maximum absolute atomic E-state index is 13.8. The van der Waals surface area contributed by atoms with Gasteiger partial charge < -0.3 is 19.5 Å². The van der Waals surface area contributed by atoms with E-state index in [1.54, 1.807) is 11.1 Å². The zero-order valence-corrected chi connectivity index (χ0v) is 16.8. The molecule has 0 fully saturated rings. The number of benzene rings is 1. The number of amides is 2. The molecule has 0 atom stereocenters. The predicted molar refractivity (Wildman–Crippen MR) is 105 cm³/mol. The second-order valence-corrected chi connectivity index (χ2v) is 7.15. The van der Waals surface area contributed by atoms with Gasteiger partial charge in [0.05, 0.1) is 13.0 Å². The third-order valence-corrected chi connectivity index (χ3v) is 5.12. The molecule has 1 N–H and O–H groups in total. The number of methoxy groups -OCH3 is 1. The number of pyridine rings is 1. The highest BCUT2D eigenvalue weighted by molar-refractivity contribution is 5.95. The number of rotatable bonds is 6. The molecule has 0 aliphatic carbocycles. The van der Waals surface area contributed by atoms with Crippen molar-refractivity contribution < 1.29 is 23.1 Å². The molecule has 1 aliphatic heterocycles. The van der Waals surface area contributed by atoms with Crippen molar-refractivity contribution in [3.63, 3.8) is 0 Å². The van der Waals surface area contributed by atoms with Gasteiger partial charge in [0.15, 0.2) is 0 Å². The van der Waals surface area contributed by atoms with Crippen LogP contribution in [0.4, 0.5) is 8.78 Å². The smallest absolute Gasteiger partial charge is 0.263 e. The van der Waals surface area contributed by atoms with E-state index >= 15 is 0 Å². The highest BCUT2D eigenvalue weighted by Gasteiger charge is 2.27. The lowest BCUT2D eigenvalue weighted by Crippen LogP contribution is -2.41. The maximum atomic E-state index is 13.8. The van der Waals surface area contributed by atoms with E-state index in [0.717, 1.165) is 12.1 Å². The third kappa shape index (κ3) is 4.56. The molecule has 0 saturated heterocycles. The van der Waals surface area contributed by atoms with E-state index in [0.29, 0.717) is 37.2 Å². The highest BCUT2D eigenvalue weighted by Crippen LogP contribution is 2.21. The lowest BCUT2D eigenvalue weighted by molar-refractivity contribution is -0.133. The quantitative estimate of drug-likeness (QED) is 0.770. The number of hydrogen-bond donors (Lipinski definition) is 1. The van der Waals surface area contributed by atoms with Crippen LogP contribution in [-0.4, -0.2) is 41.5 Å². The van der Waals surface area contributed by atoms with Crippen LogP contribution in [0.3, 0.4) is 0 Å². The molecule has 2 heterocycles. The summed E-state index contributed by atoms with van der Waals surface area (Å²) in [6, 6.07) is 3.08. The Labute approximate surface area is 172 Å². The van der Waals surface area contributed by atoms with E-state index in [2.05, 4.69) is 5.32 Å². The van der Waals surface area contributed by atoms with Crippen molar-refractivity contribution >= 4 is 11.8 Å². The Balaban J connectivity index is 1.82. The molecular weight excluding hydrogens is 396 g/mol. The molecule has 0 radical (unpaired) electrons. The molecule has 7 nitrogen and oxygen atoms in total. The summed E-state index contributed by atoms with van der Waals surface area (Å²) < 4.78 is 33.1. The minimum absolute atomic E-state index is 0.0125. The number of carbonyl (C=O) groups excluding carboxylic acids is 2. The first-order valence-electron chi connectivity index (χ1n) is 9.52. The van der Waals surface area contributed by atoms with Crippen molar-refractivity contribution in [1.82, 2.24) is 14.8 Å². The van der Waals surface area contributed by atoms with Crippen LogP contribution in [0.25, 0.3) is 0 Å². The van der Waals surface area contributed by atoms with Crippen molar-refractivity contribution in [2.45, 2.75) is 25.9 Å². The van der Waals surface area contributed by atoms with E-state index in [1.165, 1.54) is 24.8 Å². The Morgan fingerprint density at radius 1 is 1.27 bits per heavy atom. The third-order valence-electron chi connectivity index (χ3n) is 5.12. The number of aryl methyl sites for hydroxylation is 1. The number of carbonyl (C=O) groups is 2. The van der Waals surface area contributed by atoms with Crippen molar-refractivity contribution in [2.75, 3.05) is 20.3 Å². The normalized spacial score (nSPS) is 13.1. The summed E-state index contributed by atoms with van der Waals surface area (Å²) in [5.74, 6) is -2.17. The SMILES string of the molecule is COCCC(=O)N1CCc2c(cn(C)c(=O)c2C(=O)NCc2ccc(F)cc2F)C1. The summed E-state index contributed by atoms with van der Waals surface area (Å²) in [5.41, 5.74) is 0.936. The van der Waals surface area contributed by atoms with E-state index in [-0.39, 0.29) is 30.0 Å². The van der Waals surface area contributed by atoms with Gasteiger partial charge in [-0.15, -0.1) is 0 Å². The number of nitrogens with zero attached hydrogens (tertiary/aromatic N) is 2. The summed E-state index contributed by atoms with van der Waals surface area (Å²) in [6.45, 7) is 0.816. The first kappa shape index (κ1) is 21.6. The second kappa shape index (κ2) is 9.17. The van der Waals surface area contributed by atoms with Gasteiger partial charge in [0.1, 0.15) is 17.2 Å². The predicted octanol–water partition coefficient (Wildman–Crippen LogP) is 1.51. The van der Waals surface area contributed by atoms with Crippen LogP contribution in [0, 0.1) is 11.6 Å². The van der Waals surface area contributed by atoms with Crippen molar-refractivity contribution in [3.8, 4) is 0 Å². The van der Waals surface area contributed by atoms with Crippen LogP contribution in [0.2, 0.25) is 0 Å². The largest absolute Gasteiger partial charge is 0.384 e. The Bertz CT molecular complexity index is 1040. The zero-order chi connectivity index (χ0) is 21.8. The lowest BCUT2D eigenvalue weighted by Gasteiger charge is -2.30. The number of aromatic nitrogens is 1. The number of ether oxygens (including phenoxy) is 1. The van der Waals surface area contributed by atoms with E-state index in [4.69, 9.17) is 4.74 Å². The number of hydrogen-bond acceptors (Lipinski definition) is 4. The Morgan fingerprint density at radius 2 is 2.03 bits per heavy atom. The van der Waals surface area contributed by atoms with Gasteiger partial charge in [-0.2, -0.15) is 0 Å². The van der Waals surface area contributed by atoms with Crippen molar-refractivity contribution in [1.29, 1.82) is 0 Å². The molecule has 0 unspecified atom stereocenters. The molecule has 2 amide bonds. The highest BCUT2D eigenvalue weighted by atomic mass is 19.1. The second-order valence-electron chi connectivity index (χ2n) is 7.15. The van der Waals surface area contributed by atoms with Crippen LogP contribution in [-0.2, 0) is 36.1 Å². The van der Waals surface area contributed by atoms with E-state index in [1.807, 2.05) is 0 Å².